The van der Waals surface area contributed by atoms with Crippen LogP contribution in [0, 0.1) is 0 Å². The first-order valence-electron chi connectivity index (χ1n) is 4.86. The van der Waals surface area contributed by atoms with Gasteiger partial charge in [-0.25, -0.2) is 4.79 Å². The van der Waals surface area contributed by atoms with Crippen molar-refractivity contribution in [2.45, 2.75) is 6.54 Å². The highest BCUT2D eigenvalue weighted by atomic mass is 16.4. The molecule has 4 nitrogen and oxygen atoms in total. The highest BCUT2D eigenvalue weighted by Gasteiger charge is 2.07. The minimum absolute atomic E-state index is 0.0597. The van der Waals surface area contributed by atoms with E-state index < -0.39 is 5.97 Å². The third-order valence-corrected chi connectivity index (χ3v) is 2.13. The molecule has 2 rings (SSSR count). The van der Waals surface area contributed by atoms with Gasteiger partial charge < -0.3 is 14.8 Å². The molecule has 0 aliphatic rings. The number of hydrogen-bond acceptors (Lipinski definition) is 3. The Morgan fingerprint density at radius 1 is 1.19 bits per heavy atom. The van der Waals surface area contributed by atoms with Crippen LogP contribution in [0.5, 0.6) is 0 Å². The number of anilines is 1. The maximum absolute atomic E-state index is 10.6. The Kier molecular flexibility index (Phi) is 2.91. The molecule has 0 unspecified atom stereocenters. The van der Waals surface area contributed by atoms with E-state index in [1.54, 1.807) is 6.07 Å². The summed E-state index contributed by atoms with van der Waals surface area (Å²) in [5, 5.41) is 11.7. The molecule has 0 saturated carbocycles. The molecule has 1 heterocycles. The summed E-state index contributed by atoms with van der Waals surface area (Å²) >= 11 is 0. The minimum Gasteiger partial charge on any atom is -0.475 e. The van der Waals surface area contributed by atoms with E-state index in [0.29, 0.717) is 12.4 Å². The fraction of sp³-hybridized carbons (Fsp3) is 0.0833. The van der Waals surface area contributed by atoms with Gasteiger partial charge in [-0.3, -0.25) is 0 Å². The monoisotopic (exact) mass is 217 g/mol. The predicted molar refractivity (Wildman–Crippen MR) is 59.4 cm³/mol. The Balaban J connectivity index is 1.97. The van der Waals surface area contributed by atoms with Crippen LogP contribution in [0.1, 0.15) is 16.1 Å². The molecule has 16 heavy (non-hydrogen) atoms. The van der Waals surface area contributed by atoms with Gasteiger partial charge in [-0.05, 0) is 11.6 Å². The zero-order valence-corrected chi connectivity index (χ0v) is 8.51. The Labute approximate surface area is 92.5 Å². The molecule has 0 aliphatic heterocycles. The number of furan rings is 1. The van der Waals surface area contributed by atoms with Gasteiger partial charge in [0.1, 0.15) is 0 Å². The highest BCUT2D eigenvalue weighted by Crippen LogP contribution is 2.14. The van der Waals surface area contributed by atoms with Crippen molar-refractivity contribution >= 4 is 11.9 Å². The fourth-order valence-electron chi connectivity index (χ4n) is 1.33. The van der Waals surface area contributed by atoms with Crippen LogP contribution in [0.2, 0.25) is 0 Å². The average molecular weight is 217 g/mol. The van der Waals surface area contributed by atoms with E-state index in [9.17, 15) is 4.79 Å². The summed E-state index contributed by atoms with van der Waals surface area (Å²) in [6.07, 6.45) is 0. The average Bonchev–Trinajstić information content (AvgIpc) is 2.76. The molecule has 0 amide bonds. The summed E-state index contributed by atoms with van der Waals surface area (Å²) in [6.45, 7) is 0.605. The molecule has 4 heteroatoms. The third-order valence-electron chi connectivity index (χ3n) is 2.13. The second kappa shape index (κ2) is 4.53. The van der Waals surface area contributed by atoms with Crippen LogP contribution in [0.4, 0.5) is 5.88 Å². The summed E-state index contributed by atoms with van der Waals surface area (Å²) in [5.74, 6) is -0.662. The maximum atomic E-state index is 10.6. The van der Waals surface area contributed by atoms with Gasteiger partial charge in [-0.1, -0.05) is 30.3 Å². The smallest absolute Gasteiger partial charge is 0.371 e. The van der Waals surface area contributed by atoms with Crippen molar-refractivity contribution in [3.05, 3.63) is 53.8 Å². The first-order valence-corrected chi connectivity index (χ1v) is 4.86. The van der Waals surface area contributed by atoms with E-state index in [2.05, 4.69) is 5.32 Å². The summed E-state index contributed by atoms with van der Waals surface area (Å²) in [7, 11) is 0. The fourth-order valence-corrected chi connectivity index (χ4v) is 1.33. The lowest BCUT2D eigenvalue weighted by Crippen LogP contribution is -1.98. The number of rotatable bonds is 4. The minimum atomic E-state index is -1.06. The molecule has 0 fully saturated rings. The van der Waals surface area contributed by atoms with Crippen LogP contribution in [-0.2, 0) is 6.54 Å². The molecule has 2 N–H and O–H groups in total. The van der Waals surface area contributed by atoms with Crippen LogP contribution >= 0.6 is 0 Å². The molecule has 0 bridgehead atoms. The van der Waals surface area contributed by atoms with Gasteiger partial charge in [0.15, 0.2) is 5.88 Å². The number of carboxylic acids is 1. The van der Waals surface area contributed by atoms with Gasteiger partial charge in [0.25, 0.3) is 0 Å². The molecular formula is C12H11NO3. The Hall–Kier alpha value is -2.23. The lowest BCUT2D eigenvalue weighted by Gasteiger charge is -2.02. The van der Waals surface area contributed by atoms with Gasteiger partial charge in [-0.2, -0.15) is 0 Å². The topological polar surface area (TPSA) is 62.5 Å². The van der Waals surface area contributed by atoms with E-state index in [0.717, 1.165) is 5.56 Å². The SMILES string of the molecule is O=C(O)c1ccc(NCc2ccccc2)o1. The lowest BCUT2D eigenvalue weighted by atomic mass is 10.2. The van der Waals surface area contributed by atoms with Crippen molar-refractivity contribution in [2.24, 2.45) is 0 Å². The quantitative estimate of drug-likeness (QED) is 0.826. The molecule has 0 saturated heterocycles. The number of aromatic carboxylic acids is 1. The number of carbonyl (C=O) groups is 1. The number of benzene rings is 1. The summed E-state index contributed by atoms with van der Waals surface area (Å²) in [5.41, 5.74) is 1.11. The Morgan fingerprint density at radius 2 is 1.94 bits per heavy atom. The second-order valence-corrected chi connectivity index (χ2v) is 3.31. The number of hydrogen-bond donors (Lipinski definition) is 2. The van der Waals surface area contributed by atoms with Crippen LogP contribution < -0.4 is 5.32 Å². The summed E-state index contributed by atoms with van der Waals surface area (Å²) in [6, 6.07) is 12.8. The zero-order valence-electron chi connectivity index (χ0n) is 8.51. The molecule has 0 atom stereocenters. The van der Waals surface area contributed by atoms with Gasteiger partial charge >= 0.3 is 5.97 Å². The summed E-state index contributed by atoms with van der Waals surface area (Å²) < 4.78 is 5.06. The molecule has 0 spiro atoms. The first-order chi connectivity index (χ1) is 7.75. The van der Waals surface area contributed by atoms with Crippen LogP contribution in [0.15, 0.2) is 46.9 Å². The van der Waals surface area contributed by atoms with Gasteiger partial charge in [0, 0.05) is 12.6 Å². The Bertz CT molecular complexity index is 476. The summed E-state index contributed by atoms with van der Waals surface area (Å²) in [4.78, 5) is 10.6. The van der Waals surface area contributed by atoms with E-state index in [1.165, 1.54) is 6.07 Å². The molecular weight excluding hydrogens is 206 g/mol. The van der Waals surface area contributed by atoms with Crippen LogP contribution in [0.25, 0.3) is 0 Å². The van der Waals surface area contributed by atoms with Crippen molar-refractivity contribution in [2.75, 3.05) is 5.32 Å². The van der Waals surface area contributed by atoms with Crippen LogP contribution in [-0.4, -0.2) is 11.1 Å². The van der Waals surface area contributed by atoms with Gasteiger partial charge in [0.05, 0.1) is 0 Å². The molecule has 1 aromatic carbocycles. The van der Waals surface area contributed by atoms with Gasteiger partial charge in [0.2, 0.25) is 5.76 Å². The van der Waals surface area contributed by atoms with Crippen molar-refractivity contribution in [3.63, 3.8) is 0 Å². The van der Waals surface area contributed by atoms with Crippen molar-refractivity contribution in [1.82, 2.24) is 0 Å². The lowest BCUT2D eigenvalue weighted by molar-refractivity contribution is 0.0663. The Morgan fingerprint density at radius 3 is 2.56 bits per heavy atom. The van der Waals surface area contributed by atoms with E-state index in [-0.39, 0.29) is 5.76 Å². The van der Waals surface area contributed by atoms with Crippen molar-refractivity contribution < 1.29 is 14.3 Å². The van der Waals surface area contributed by atoms with E-state index >= 15 is 0 Å². The first kappa shape index (κ1) is 10.3. The largest absolute Gasteiger partial charge is 0.475 e. The van der Waals surface area contributed by atoms with E-state index in [1.807, 2.05) is 30.3 Å². The second-order valence-electron chi connectivity index (χ2n) is 3.31. The molecule has 0 radical (unpaired) electrons. The van der Waals surface area contributed by atoms with Gasteiger partial charge in [-0.15, -0.1) is 0 Å². The zero-order chi connectivity index (χ0) is 11.4. The molecule has 82 valence electrons. The molecule has 2 aromatic rings. The predicted octanol–water partition coefficient (Wildman–Crippen LogP) is 2.59. The molecule has 0 aliphatic carbocycles. The standard InChI is InChI=1S/C12H11NO3/c14-12(15)10-6-7-11(16-10)13-8-9-4-2-1-3-5-9/h1-7,13H,8H2,(H,14,15). The molecule has 1 aromatic heterocycles. The third kappa shape index (κ3) is 2.42. The maximum Gasteiger partial charge on any atom is 0.371 e. The number of carboxylic acid groups (broad SMARTS) is 1. The number of nitrogens with one attached hydrogen (secondary N) is 1. The van der Waals surface area contributed by atoms with Crippen molar-refractivity contribution in [1.29, 1.82) is 0 Å². The highest BCUT2D eigenvalue weighted by molar-refractivity contribution is 5.84. The normalized spacial score (nSPS) is 10.0. The van der Waals surface area contributed by atoms with E-state index in [4.69, 9.17) is 9.52 Å². The van der Waals surface area contributed by atoms with Crippen LogP contribution in [0.3, 0.4) is 0 Å². The van der Waals surface area contributed by atoms with Crippen molar-refractivity contribution in [3.8, 4) is 0 Å².